The molecule has 0 unspecified atom stereocenters. The second-order valence-electron chi connectivity index (χ2n) is 3.66. The van der Waals surface area contributed by atoms with E-state index in [2.05, 4.69) is 0 Å². The van der Waals surface area contributed by atoms with Crippen LogP contribution in [0.1, 0.15) is 12.0 Å². The largest absolute Gasteiger partial charge is 0.481 e. The van der Waals surface area contributed by atoms with Gasteiger partial charge in [-0.25, -0.2) is 0 Å². The quantitative estimate of drug-likeness (QED) is 0.578. The van der Waals surface area contributed by atoms with Gasteiger partial charge in [0.1, 0.15) is 5.25 Å². The highest BCUT2D eigenvalue weighted by Crippen LogP contribution is 2.22. The number of nitrogens with zero attached hydrogens (tertiary/aromatic N) is 1. The third-order valence-electron chi connectivity index (χ3n) is 2.23. The average Bonchev–Trinajstić information content (AvgIpc) is 2.34. The molecular weight excluding hydrogens is 274 g/mol. The predicted octanol–water partition coefficient (Wildman–Crippen LogP) is 1.76. The maximum atomic E-state index is 10.8. The van der Waals surface area contributed by atoms with E-state index in [-0.39, 0.29) is 11.4 Å². The van der Waals surface area contributed by atoms with Crippen molar-refractivity contribution in [1.82, 2.24) is 0 Å². The summed E-state index contributed by atoms with van der Waals surface area (Å²) in [6, 6.07) is 5.68. The molecule has 1 atom stereocenters. The van der Waals surface area contributed by atoms with E-state index in [1.165, 1.54) is 24.3 Å². The number of nitro groups is 1. The van der Waals surface area contributed by atoms with Crippen molar-refractivity contribution in [2.24, 2.45) is 0 Å². The molecule has 0 heterocycles. The van der Waals surface area contributed by atoms with Crippen molar-refractivity contribution < 1.29 is 24.7 Å². The lowest BCUT2D eigenvalue weighted by atomic mass is 10.2. The maximum Gasteiger partial charge on any atom is 0.317 e. The molecule has 0 spiro atoms. The first-order chi connectivity index (χ1) is 8.90. The first-order valence-corrected chi connectivity index (χ1v) is 6.24. The minimum atomic E-state index is -1.19. The Labute approximate surface area is 112 Å². The first-order valence-electron chi connectivity index (χ1n) is 5.19. The van der Waals surface area contributed by atoms with Gasteiger partial charge in [0.05, 0.1) is 11.3 Å². The molecule has 0 aromatic heterocycles. The minimum Gasteiger partial charge on any atom is -0.481 e. The Morgan fingerprint density at radius 3 is 2.26 bits per heavy atom. The molecule has 0 saturated carbocycles. The molecule has 1 aromatic carbocycles. The van der Waals surface area contributed by atoms with Crippen LogP contribution in [0.5, 0.6) is 0 Å². The van der Waals surface area contributed by atoms with Crippen molar-refractivity contribution in [3.63, 3.8) is 0 Å². The number of benzene rings is 1. The summed E-state index contributed by atoms with van der Waals surface area (Å²) >= 11 is 0.975. The summed E-state index contributed by atoms with van der Waals surface area (Å²) < 4.78 is 0. The van der Waals surface area contributed by atoms with E-state index in [4.69, 9.17) is 10.2 Å². The third-order valence-corrected chi connectivity index (χ3v) is 3.50. The number of rotatable bonds is 7. The van der Waals surface area contributed by atoms with Gasteiger partial charge in [0, 0.05) is 17.9 Å². The van der Waals surface area contributed by atoms with Gasteiger partial charge in [-0.05, 0) is 5.56 Å². The van der Waals surface area contributed by atoms with Crippen molar-refractivity contribution in [1.29, 1.82) is 0 Å². The van der Waals surface area contributed by atoms with Crippen LogP contribution in [0.3, 0.4) is 0 Å². The van der Waals surface area contributed by atoms with Crippen molar-refractivity contribution >= 4 is 29.4 Å². The molecule has 0 saturated heterocycles. The van der Waals surface area contributed by atoms with E-state index in [0.717, 1.165) is 11.8 Å². The molecule has 0 aliphatic carbocycles. The summed E-state index contributed by atoms with van der Waals surface area (Å²) in [7, 11) is 0. The number of non-ortho nitro benzene ring substituents is 1. The van der Waals surface area contributed by atoms with Crippen LogP contribution in [0.4, 0.5) is 5.69 Å². The van der Waals surface area contributed by atoms with E-state index in [9.17, 15) is 19.7 Å². The molecule has 8 heteroatoms. The summed E-state index contributed by atoms with van der Waals surface area (Å²) in [4.78, 5) is 31.2. The Morgan fingerprint density at radius 2 is 1.84 bits per heavy atom. The molecule has 0 aliphatic heterocycles. The van der Waals surface area contributed by atoms with Crippen LogP contribution >= 0.6 is 11.8 Å². The standard InChI is InChI=1S/C11H11NO6S/c13-10(14)5-9(11(15)16)19-6-7-1-3-8(4-2-7)12(17)18/h1-4,9H,5-6H2,(H,13,14)(H,15,16)/t9-/m1/s1. The summed E-state index contributed by atoms with van der Waals surface area (Å²) in [6.07, 6.45) is -0.465. The topological polar surface area (TPSA) is 118 Å². The number of aliphatic carboxylic acids is 2. The van der Waals surface area contributed by atoms with Crippen LogP contribution in [0, 0.1) is 10.1 Å². The fourth-order valence-electron chi connectivity index (χ4n) is 1.29. The third kappa shape index (κ3) is 4.96. The molecular formula is C11H11NO6S. The van der Waals surface area contributed by atoms with E-state index in [0.29, 0.717) is 5.56 Å². The van der Waals surface area contributed by atoms with Crippen molar-refractivity contribution in [2.45, 2.75) is 17.4 Å². The van der Waals surface area contributed by atoms with Gasteiger partial charge in [0.25, 0.3) is 5.69 Å². The van der Waals surface area contributed by atoms with Crippen molar-refractivity contribution in [2.75, 3.05) is 0 Å². The van der Waals surface area contributed by atoms with E-state index >= 15 is 0 Å². The smallest absolute Gasteiger partial charge is 0.317 e. The van der Waals surface area contributed by atoms with Gasteiger partial charge in [-0.2, -0.15) is 0 Å². The SMILES string of the molecule is O=C(O)C[C@@H](SCc1ccc([N+](=O)[O-])cc1)C(=O)O. The fourth-order valence-corrected chi connectivity index (χ4v) is 2.28. The number of thioether (sulfide) groups is 1. The van der Waals surface area contributed by atoms with Crippen LogP contribution < -0.4 is 0 Å². The lowest BCUT2D eigenvalue weighted by Crippen LogP contribution is -2.20. The van der Waals surface area contributed by atoms with Gasteiger partial charge in [0.2, 0.25) is 0 Å². The predicted molar refractivity (Wildman–Crippen MR) is 68.1 cm³/mol. The molecule has 0 radical (unpaired) electrons. The molecule has 0 aliphatic rings. The molecule has 0 fully saturated rings. The molecule has 19 heavy (non-hydrogen) atoms. The Kier molecular flexibility index (Phi) is 5.31. The van der Waals surface area contributed by atoms with Crippen LogP contribution in [0.2, 0.25) is 0 Å². The zero-order chi connectivity index (χ0) is 14.4. The van der Waals surface area contributed by atoms with Gasteiger partial charge in [0.15, 0.2) is 0 Å². The Hall–Kier alpha value is -2.09. The number of hydrogen-bond donors (Lipinski definition) is 2. The molecule has 7 nitrogen and oxygen atoms in total. The average molecular weight is 285 g/mol. The maximum absolute atomic E-state index is 10.8. The second-order valence-corrected chi connectivity index (χ2v) is 4.85. The zero-order valence-corrected chi connectivity index (χ0v) is 10.5. The lowest BCUT2D eigenvalue weighted by Gasteiger charge is -2.09. The summed E-state index contributed by atoms with van der Waals surface area (Å²) in [6.45, 7) is 0. The number of carboxylic acid groups (broad SMARTS) is 2. The van der Waals surface area contributed by atoms with E-state index in [1.807, 2.05) is 0 Å². The monoisotopic (exact) mass is 285 g/mol. The lowest BCUT2D eigenvalue weighted by molar-refractivity contribution is -0.384. The van der Waals surface area contributed by atoms with Gasteiger partial charge in [-0.3, -0.25) is 19.7 Å². The Bertz CT molecular complexity index is 486. The highest BCUT2D eigenvalue weighted by Gasteiger charge is 2.21. The molecule has 1 rings (SSSR count). The normalized spacial score (nSPS) is 11.8. The summed E-state index contributed by atoms with van der Waals surface area (Å²) in [5.74, 6) is -2.08. The van der Waals surface area contributed by atoms with Gasteiger partial charge in [-0.1, -0.05) is 12.1 Å². The Morgan fingerprint density at radius 1 is 1.26 bits per heavy atom. The number of nitro benzene ring substituents is 1. The minimum absolute atomic E-state index is 0.0472. The Balaban J connectivity index is 2.61. The van der Waals surface area contributed by atoms with Crippen molar-refractivity contribution in [3.05, 3.63) is 39.9 Å². The summed E-state index contributed by atoms with van der Waals surface area (Å²) in [5, 5.41) is 26.8. The summed E-state index contributed by atoms with van der Waals surface area (Å²) in [5.41, 5.74) is 0.654. The number of carbonyl (C=O) groups is 2. The zero-order valence-electron chi connectivity index (χ0n) is 9.68. The van der Waals surface area contributed by atoms with Gasteiger partial charge < -0.3 is 10.2 Å². The highest BCUT2D eigenvalue weighted by molar-refractivity contribution is 7.99. The molecule has 1 aromatic rings. The highest BCUT2D eigenvalue weighted by atomic mass is 32.2. The van der Waals surface area contributed by atoms with E-state index < -0.39 is 28.5 Å². The number of carboxylic acids is 2. The second kappa shape index (κ2) is 6.74. The van der Waals surface area contributed by atoms with Gasteiger partial charge in [-0.15, -0.1) is 11.8 Å². The molecule has 102 valence electrons. The first kappa shape index (κ1) is 15.0. The van der Waals surface area contributed by atoms with Crippen LogP contribution in [-0.2, 0) is 15.3 Å². The van der Waals surface area contributed by atoms with E-state index in [1.54, 1.807) is 0 Å². The fraction of sp³-hybridized carbons (Fsp3) is 0.273. The molecule has 0 bridgehead atoms. The van der Waals surface area contributed by atoms with Crippen LogP contribution in [0.25, 0.3) is 0 Å². The number of hydrogen-bond acceptors (Lipinski definition) is 5. The van der Waals surface area contributed by atoms with Gasteiger partial charge >= 0.3 is 11.9 Å². The molecule has 0 amide bonds. The molecule has 2 N–H and O–H groups in total. The van der Waals surface area contributed by atoms with Crippen LogP contribution in [0.15, 0.2) is 24.3 Å². The van der Waals surface area contributed by atoms with Crippen molar-refractivity contribution in [3.8, 4) is 0 Å². The van der Waals surface area contributed by atoms with Crippen LogP contribution in [-0.4, -0.2) is 32.3 Å².